The van der Waals surface area contributed by atoms with Gasteiger partial charge in [-0.2, -0.15) is 5.10 Å². The van der Waals surface area contributed by atoms with Crippen LogP contribution < -0.4 is 20.3 Å². The van der Waals surface area contributed by atoms with E-state index >= 15 is 0 Å². The van der Waals surface area contributed by atoms with Gasteiger partial charge in [0, 0.05) is 19.3 Å². The molecule has 2 rings (SSSR count). The Balaban J connectivity index is 1.71. The van der Waals surface area contributed by atoms with Crippen LogP contribution in [0.15, 0.2) is 35.3 Å². The minimum Gasteiger partial charge on any atom is -0.493 e. The zero-order chi connectivity index (χ0) is 18.1. The van der Waals surface area contributed by atoms with Crippen LogP contribution in [0.25, 0.3) is 0 Å². The minimum absolute atomic E-state index is 0.190. The normalized spacial score (nSPS) is 10.7. The molecule has 0 fully saturated rings. The molecule has 2 aromatic rings. The number of rotatable bonds is 10. The summed E-state index contributed by atoms with van der Waals surface area (Å²) in [6.45, 7) is 2.64. The number of nitrogens with zero attached hydrogens (tertiary/aromatic N) is 2. The first kappa shape index (κ1) is 18.8. The fraction of sp³-hybridized carbons (Fsp3) is 0.444. The molecule has 1 aromatic heterocycles. The average molecular weight is 346 g/mol. The Morgan fingerprint density at radius 3 is 2.68 bits per heavy atom. The number of nitrogens with one attached hydrogen (secondary N) is 2. The molecule has 0 amide bonds. The van der Waals surface area contributed by atoms with Gasteiger partial charge in [0.05, 0.1) is 14.2 Å². The summed E-state index contributed by atoms with van der Waals surface area (Å²) in [5, 5.41) is 9.21. The largest absolute Gasteiger partial charge is 0.493 e. The molecule has 7 heteroatoms. The lowest BCUT2D eigenvalue weighted by molar-refractivity contribution is 0.335. The monoisotopic (exact) mass is 346 g/mol. The Labute approximate surface area is 148 Å². The second kappa shape index (κ2) is 9.68. The molecule has 2 N–H and O–H groups in total. The van der Waals surface area contributed by atoms with Crippen molar-refractivity contribution in [1.82, 2.24) is 15.1 Å². The van der Waals surface area contributed by atoms with Crippen molar-refractivity contribution in [1.29, 1.82) is 0 Å². The van der Waals surface area contributed by atoms with E-state index in [4.69, 9.17) is 9.47 Å². The average Bonchev–Trinajstić information content (AvgIpc) is 2.64. The van der Waals surface area contributed by atoms with Crippen molar-refractivity contribution in [2.24, 2.45) is 0 Å². The minimum atomic E-state index is -0.190. The molecular weight excluding hydrogens is 320 g/mol. The van der Waals surface area contributed by atoms with E-state index in [1.165, 1.54) is 5.56 Å². The summed E-state index contributed by atoms with van der Waals surface area (Å²) in [6, 6.07) is 7.69. The van der Waals surface area contributed by atoms with Gasteiger partial charge in [0.15, 0.2) is 11.5 Å². The van der Waals surface area contributed by atoms with Gasteiger partial charge >= 0.3 is 0 Å². The molecule has 7 nitrogen and oxygen atoms in total. The van der Waals surface area contributed by atoms with Crippen LogP contribution in [0.3, 0.4) is 0 Å². The first-order chi connectivity index (χ1) is 12.1. The summed E-state index contributed by atoms with van der Waals surface area (Å²) >= 11 is 0. The van der Waals surface area contributed by atoms with Crippen molar-refractivity contribution >= 4 is 5.69 Å². The van der Waals surface area contributed by atoms with Gasteiger partial charge < -0.3 is 19.7 Å². The third-order valence-electron chi connectivity index (χ3n) is 3.99. The molecule has 0 bridgehead atoms. The molecule has 1 aromatic carbocycles. The van der Waals surface area contributed by atoms with Gasteiger partial charge in [-0.05, 0) is 50.2 Å². The topological polar surface area (TPSA) is 79.5 Å². The highest BCUT2D eigenvalue weighted by Crippen LogP contribution is 2.27. The van der Waals surface area contributed by atoms with Crippen LogP contribution in [0.2, 0.25) is 0 Å². The smallest absolute Gasteiger partial charge is 0.287 e. The maximum absolute atomic E-state index is 11.5. The van der Waals surface area contributed by atoms with Crippen LogP contribution >= 0.6 is 0 Å². The third kappa shape index (κ3) is 5.79. The second-order valence-corrected chi connectivity index (χ2v) is 5.82. The van der Waals surface area contributed by atoms with E-state index < -0.39 is 0 Å². The summed E-state index contributed by atoms with van der Waals surface area (Å²) in [5.41, 5.74) is 1.58. The van der Waals surface area contributed by atoms with Crippen molar-refractivity contribution in [3.05, 3.63) is 46.4 Å². The maximum Gasteiger partial charge on any atom is 0.287 e. The first-order valence-corrected chi connectivity index (χ1v) is 8.31. The standard InChI is InChI=1S/C18H26N4O3/c1-22(11-4-9-19-15-7-10-20-21-18(15)23)12-8-14-5-6-16(24-2)17(13-14)25-3/h5-7,10,13H,4,8-9,11-12H2,1-3H3,(H,19,20)(H,21,23). The van der Waals surface area contributed by atoms with Gasteiger partial charge in [0.2, 0.25) is 0 Å². The lowest BCUT2D eigenvalue weighted by Crippen LogP contribution is -2.25. The molecule has 1 heterocycles. The van der Waals surface area contributed by atoms with Crippen molar-refractivity contribution < 1.29 is 9.47 Å². The fourth-order valence-electron chi connectivity index (χ4n) is 2.52. The number of aromatic nitrogens is 2. The Kier molecular flexibility index (Phi) is 7.28. The Morgan fingerprint density at radius 1 is 1.16 bits per heavy atom. The van der Waals surface area contributed by atoms with Gasteiger partial charge in [0.25, 0.3) is 5.56 Å². The predicted octanol–water partition coefficient (Wildman–Crippen LogP) is 1.76. The first-order valence-electron chi connectivity index (χ1n) is 8.31. The second-order valence-electron chi connectivity index (χ2n) is 5.82. The number of hydrogen-bond donors (Lipinski definition) is 2. The Hall–Kier alpha value is -2.54. The van der Waals surface area contributed by atoms with Crippen LogP contribution in [0.4, 0.5) is 5.69 Å². The van der Waals surface area contributed by atoms with E-state index in [9.17, 15) is 4.79 Å². The van der Waals surface area contributed by atoms with E-state index in [1.807, 2.05) is 12.1 Å². The van der Waals surface area contributed by atoms with Crippen LogP contribution in [0.5, 0.6) is 11.5 Å². The van der Waals surface area contributed by atoms with Gasteiger partial charge in [-0.1, -0.05) is 6.07 Å². The van der Waals surface area contributed by atoms with Gasteiger partial charge in [-0.3, -0.25) is 4.79 Å². The van der Waals surface area contributed by atoms with Gasteiger partial charge in [0.1, 0.15) is 5.69 Å². The quantitative estimate of drug-likeness (QED) is 0.638. The highest BCUT2D eigenvalue weighted by molar-refractivity contribution is 5.43. The number of aromatic amines is 1. The summed E-state index contributed by atoms with van der Waals surface area (Å²) in [7, 11) is 5.38. The Morgan fingerprint density at radius 2 is 1.96 bits per heavy atom. The van der Waals surface area contributed by atoms with Gasteiger partial charge in [-0.25, -0.2) is 5.10 Å². The molecule has 0 aliphatic rings. The molecule has 0 aliphatic heterocycles. The molecule has 0 spiro atoms. The summed E-state index contributed by atoms with van der Waals surface area (Å²) < 4.78 is 10.6. The van der Waals surface area contributed by atoms with Crippen LogP contribution in [0, 0.1) is 0 Å². The zero-order valence-electron chi connectivity index (χ0n) is 15.0. The molecule has 25 heavy (non-hydrogen) atoms. The SMILES string of the molecule is COc1ccc(CCN(C)CCCNc2ccn[nH]c2=O)cc1OC. The number of H-pyrrole nitrogens is 1. The molecule has 0 radical (unpaired) electrons. The molecule has 0 saturated carbocycles. The number of anilines is 1. The predicted molar refractivity (Wildman–Crippen MR) is 98.7 cm³/mol. The molecule has 0 aliphatic carbocycles. The van der Waals surface area contributed by atoms with Crippen molar-refractivity contribution in [2.75, 3.05) is 46.2 Å². The molecule has 0 unspecified atom stereocenters. The van der Waals surface area contributed by atoms with Crippen molar-refractivity contribution in [2.45, 2.75) is 12.8 Å². The zero-order valence-corrected chi connectivity index (χ0v) is 15.0. The molecule has 0 atom stereocenters. The van der Waals surface area contributed by atoms with Crippen molar-refractivity contribution in [3.63, 3.8) is 0 Å². The molecule has 0 saturated heterocycles. The number of hydrogen-bond acceptors (Lipinski definition) is 6. The van der Waals surface area contributed by atoms with Crippen LogP contribution in [-0.4, -0.2) is 56.0 Å². The van der Waals surface area contributed by atoms with Crippen molar-refractivity contribution in [3.8, 4) is 11.5 Å². The third-order valence-corrected chi connectivity index (χ3v) is 3.99. The maximum atomic E-state index is 11.5. The Bertz CT molecular complexity index is 717. The highest BCUT2D eigenvalue weighted by Gasteiger charge is 2.06. The van der Waals surface area contributed by atoms with Crippen LogP contribution in [-0.2, 0) is 6.42 Å². The summed E-state index contributed by atoms with van der Waals surface area (Å²) in [4.78, 5) is 13.8. The molecule has 136 valence electrons. The van der Waals surface area contributed by atoms with Crippen LogP contribution in [0.1, 0.15) is 12.0 Å². The number of ether oxygens (including phenoxy) is 2. The molecular formula is C18H26N4O3. The number of benzene rings is 1. The van der Waals surface area contributed by atoms with E-state index in [2.05, 4.69) is 33.5 Å². The fourth-order valence-corrected chi connectivity index (χ4v) is 2.52. The van der Waals surface area contributed by atoms with E-state index in [0.29, 0.717) is 5.69 Å². The summed E-state index contributed by atoms with van der Waals surface area (Å²) in [6.07, 6.45) is 3.46. The van der Waals surface area contributed by atoms with E-state index in [-0.39, 0.29) is 5.56 Å². The summed E-state index contributed by atoms with van der Waals surface area (Å²) in [5.74, 6) is 1.51. The number of likely N-dealkylation sites (N-methyl/N-ethyl adjacent to an activating group) is 1. The van der Waals surface area contributed by atoms with E-state index in [1.54, 1.807) is 26.5 Å². The lowest BCUT2D eigenvalue weighted by Gasteiger charge is -2.17. The van der Waals surface area contributed by atoms with E-state index in [0.717, 1.165) is 44.0 Å². The number of methoxy groups -OCH3 is 2. The highest BCUT2D eigenvalue weighted by atomic mass is 16.5. The van der Waals surface area contributed by atoms with Gasteiger partial charge in [-0.15, -0.1) is 0 Å². The lowest BCUT2D eigenvalue weighted by atomic mass is 10.1.